The Kier molecular flexibility index (Phi) is 6.20. The lowest BCUT2D eigenvalue weighted by Crippen LogP contribution is -2.55. The molecule has 1 heterocycles. The van der Waals surface area contributed by atoms with Crippen molar-refractivity contribution in [2.24, 2.45) is 0 Å². The van der Waals surface area contributed by atoms with Gasteiger partial charge >= 0.3 is 5.97 Å². The van der Waals surface area contributed by atoms with Crippen LogP contribution in [0.4, 0.5) is 0 Å². The molecule has 3 rings (SSSR count). The van der Waals surface area contributed by atoms with Gasteiger partial charge in [-0.25, -0.2) is 4.68 Å². The number of carboxylic acid groups (broad SMARTS) is 1. The van der Waals surface area contributed by atoms with E-state index in [0.717, 1.165) is 5.56 Å². The molecule has 28 heavy (non-hydrogen) atoms. The lowest BCUT2D eigenvalue weighted by molar-refractivity contribution is -0.139. The molecule has 1 aliphatic rings. The van der Waals surface area contributed by atoms with Crippen LogP contribution in [0.15, 0.2) is 47.3 Å². The molecule has 8 heteroatoms. The molecule has 1 saturated carbocycles. The summed E-state index contributed by atoms with van der Waals surface area (Å²) >= 11 is 0. The normalized spacial score (nSPS) is 18.5. The van der Waals surface area contributed by atoms with Crippen LogP contribution < -0.4 is 10.9 Å². The summed E-state index contributed by atoms with van der Waals surface area (Å²) < 4.78 is 1.28. The molecule has 1 aliphatic carbocycles. The molecule has 8 nitrogen and oxygen atoms in total. The summed E-state index contributed by atoms with van der Waals surface area (Å²) in [6.07, 6.45) is 1.41. The summed E-state index contributed by atoms with van der Waals surface area (Å²) in [6.45, 7) is 2.89. The average Bonchev–Trinajstić information content (AvgIpc) is 2.65. The van der Waals surface area contributed by atoms with Crippen molar-refractivity contribution >= 4 is 11.9 Å². The number of hydrogen-bond donors (Lipinski definition) is 2. The lowest BCUT2D eigenvalue weighted by atomic mass is 9.85. The molecule has 1 aromatic carbocycles. The molecular formula is C20H24N4O4. The van der Waals surface area contributed by atoms with E-state index in [4.69, 9.17) is 5.11 Å². The fraction of sp³-hybridized carbons (Fsp3) is 0.400. The maximum absolute atomic E-state index is 12.5. The maximum atomic E-state index is 12.5. The smallest absolute Gasteiger partial charge is 0.317 e. The minimum absolute atomic E-state index is 0.00777. The van der Waals surface area contributed by atoms with Gasteiger partial charge in [-0.15, -0.1) is 0 Å². The topological polar surface area (TPSA) is 105 Å². The Morgan fingerprint density at radius 3 is 2.57 bits per heavy atom. The summed E-state index contributed by atoms with van der Waals surface area (Å²) in [5, 5.41) is 16.1. The molecule has 0 radical (unpaired) electrons. The second-order valence-corrected chi connectivity index (χ2v) is 6.95. The number of nitrogens with one attached hydrogen (secondary N) is 1. The lowest BCUT2D eigenvalue weighted by Gasteiger charge is -2.42. The number of rotatable bonds is 8. The number of aromatic nitrogens is 2. The van der Waals surface area contributed by atoms with Crippen molar-refractivity contribution in [3.63, 3.8) is 0 Å². The Balaban J connectivity index is 1.59. The van der Waals surface area contributed by atoms with E-state index in [1.807, 2.05) is 42.2 Å². The van der Waals surface area contributed by atoms with Gasteiger partial charge in [0.1, 0.15) is 5.69 Å². The first-order chi connectivity index (χ1) is 13.5. The zero-order chi connectivity index (χ0) is 20.1. The monoisotopic (exact) mass is 384 g/mol. The van der Waals surface area contributed by atoms with Gasteiger partial charge in [-0.05, 0) is 31.0 Å². The Bertz CT molecular complexity index is 891. The van der Waals surface area contributed by atoms with Crippen LogP contribution in [0.1, 0.15) is 35.8 Å². The van der Waals surface area contributed by atoms with Crippen molar-refractivity contribution in [2.75, 3.05) is 13.1 Å². The molecule has 1 aromatic heterocycles. The van der Waals surface area contributed by atoms with Crippen LogP contribution >= 0.6 is 0 Å². The summed E-state index contributed by atoms with van der Waals surface area (Å²) in [5.41, 5.74) is 0.850. The highest BCUT2D eigenvalue weighted by Gasteiger charge is 2.35. The van der Waals surface area contributed by atoms with Crippen LogP contribution in [-0.4, -0.2) is 56.8 Å². The van der Waals surface area contributed by atoms with Crippen molar-refractivity contribution in [1.82, 2.24) is 20.0 Å². The number of carboxylic acids is 1. The van der Waals surface area contributed by atoms with E-state index in [1.165, 1.54) is 16.8 Å². The molecule has 2 aromatic rings. The SMILES string of the molecule is CCN(CC(=O)O)C1CC(NC(=O)c2ccc(=O)n(Cc3ccccc3)n2)C1. The number of carbonyl (C=O) groups is 2. The average molecular weight is 384 g/mol. The number of aliphatic carboxylic acids is 1. The van der Waals surface area contributed by atoms with Crippen molar-refractivity contribution < 1.29 is 14.7 Å². The predicted molar refractivity (Wildman–Crippen MR) is 103 cm³/mol. The largest absolute Gasteiger partial charge is 0.480 e. The summed E-state index contributed by atoms with van der Waals surface area (Å²) in [6, 6.07) is 12.4. The zero-order valence-corrected chi connectivity index (χ0v) is 15.7. The fourth-order valence-corrected chi connectivity index (χ4v) is 3.38. The molecule has 0 bridgehead atoms. The van der Waals surface area contributed by atoms with Gasteiger partial charge in [0, 0.05) is 18.2 Å². The Morgan fingerprint density at radius 1 is 1.21 bits per heavy atom. The number of nitrogens with zero attached hydrogens (tertiary/aromatic N) is 3. The fourth-order valence-electron chi connectivity index (χ4n) is 3.38. The van der Waals surface area contributed by atoms with Crippen molar-refractivity contribution in [2.45, 2.75) is 38.4 Å². The van der Waals surface area contributed by atoms with Gasteiger partial charge in [-0.1, -0.05) is 37.3 Å². The van der Waals surface area contributed by atoms with Crippen molar-refractivity contribution in [3.8, 4) is 0 Å². The van der Waals surface area contributed by atoms with Gasteiger partial charge in [0.15, 0.2) is 0 Å². The van der Waals surface area contributed by atoms with Gasteiger partial charge in [0.2, 0.25) is 0 Å². The van der Waals surface area contributed by atoms with Gasteiger partial charge in [-0.2, -0.15) is 5.10 Å². The summed E-state index contributed by atoms with van der Waals surface area (Å²) in [7, 11) is 0. The van der Waals surface area contributed by atoms with Crippen LogP contribution in [0.3, 0.4) is 0 Å². The third-order valence-corrected chi connectivity index (χ3v) is 4.98. The second-order valence-electron chi connectivity index (χ2n) is 6.95. The van der Waals surface area contributed by atoms with Crippen LogP contribution in [-0.2, 0) is 11.3 Å². The third kappa shape index (κ3) is 4.83. The van der Waals surface area contributed by atoms with E-state index in [-0.39, 0.29) is 35.8 Å². The van der Waals surface area contributed by atoms with Crippen molar-refractivity contribution in [1.29, 1.82) is 0 Å². The highest BCUT2D eigenvalue weighted by atomic mass is 16.4. The van der Waals surface area contributed by atoms with E-state index >= 15 is 0 Å². The van der Waals surface area contributed by atoms with Crippen LogP contribution in [0.2, 0.25) is 0 Å². The molecular weight excluding hydrogens is 360 g/mol. The highest BCUT2D eigenvalue weighted by Crippen LogP contribution is 2.25. The minimum Gasteiger partial charge on any atom is -0.480 e. The first-order valence-corrected chi connectivity index (χ1v) is 9.35. The second kappa shape index (κ2) is 8.79. The van der Waals surface area contributed by atoms with Gasteiger partial charge in [0.25, 0.3) is 11.5 Å². The van der Waals surface area contributed by atoms with Gasteiger partial charge in [0.05, 0.1) is 13.1 Å². The number of benzene rings is 1. The molecule has 0 unspecified atom stereocenters. The number of amides is 1. The zero-order valence-electron chi connectivity index (χ0n) is 15.7. The molecule has 0 atom stereocenters. The van der Waals surface area contributed by atoms with Gasteiger partial charge in [-0.3, -0.25) is 19.3 Å². The third-order valence-electron chi connectivity index (χ3n) is 4.98. The minimum atomic E-state index is -0.848. The number of likely N-dealkylation sites (N-methyl/N-ethyl adjacent to an activating group) is 1. The Labute approximate surface area is 162 Å². The van der Waals surface area contributed by atoms with Crippen molar-refractivity contribution in [3.05, 3.63) is 64.1 Å². The Morgan fingerprint density at radius 2 is 1.93 bits per heavy atom. The standard InChI is InChI=1S/C20H24N4O4/c1-2-23(13-19(26)27)16-10-15(11-16)21-20(28)17-8-9-18(25)24(22-17)12-14-6-4-3-5-7-14/h3-9,15-16H,2,10-13H2,1H3,(H,21,28)(H,26,27). The van der Waals surface area contributed by atoms with Crippen LogP contribution in [0, 0.1) is 0 Å². The molecule has 148 valence electrons. The Hall–Kier alpha value is -3.00. The number of carbonyl (C=O) groups excluding carboxylic acids is 1. The first-order valence-electron chi connectivity index (χ1n) is 9.35. The molecule has 0 saturated heterocycles. The molecule has 1 fully saturated rings. The first kappa shape index (κ1) is 19.8. The van der Waals surface area contributed by atoms with Crippen LogP contribution in [0.5, 0.6) is 0 Å². The molecule has 0 aliphatic heterocycles. The molecule has 2 N–H and O–H groups in total. The predicted octanol–water partition coefficient (Wildman–Crippen LogP) is 0.959. The van der Waals surface area contributed by atoms with E-state index in [1.54, 1.807) is 0 Å². The van der Waals surface area contributed by atoms with Gasteiger partial charge < -0.3 is 10.4 Å². The van der Waals surface area contributed by atoms with E-state index in [9.17, 15) is 14.4 Å². The van der Waals surface area contributed by atoms with Crippen LogP contribution in [0.25, 0.3) is 0 Å². The summed E-state index contributed by atoms with van der Waals surface area (Å²) in [4.78, 5) is 37.3. The van der Waals surface area contributed by atoms with E-state index in [2.05, 4.69) is 10.4 Å². The molecule has 0 spiro atoms. The molecule has 1 amide bonds. The van der Waals surface area contributed by atoms with E-state index in [0.29, 0.717) is 25.9 Å². The van der Waals surface area contributed by atoms with E-state index < -0.39 is 5.97 Å². The quantitative estimate of drug-likeness (QED) is 0.702. The number of hydrogen-bond acceptors (Lipinski definition) is 5. The highest BCUT2D eigenvalue weighted by molar-refractivity contribution is 5.92. The summed E-state index contributed by atoms with van der Waals surface area (Å²) in [5.74, 6) is -1.18. The maximum Gasteiger partial charge on any atom is 0.317 e.